The number of halogens is 2. The maximum atomic E-state index is 12.7. The number of rotatable bonds is 2. The molecule has 3 rings (SSSR count). The predicted molar refractivity (Wildman–Crippen MR) is 85.6 cm³/mol. The Labute approximate surface area is 129 Å². The molecule has 100 valence electrons. The Hall–Kier alpha value is -1.58. The van der Waals surface area contributed by atoms with Crippen molar-refractivity contribution in [3.8, 4) is 0 Å². The highest BCUT2D eigenvalue weighted by Gasteiger charge is 2.17. The number of hydrogen-bond donors (Lipinski definition) is 1. The van der Waals surface area contributed by atoms with Crippen molar-refractivity contribution in [1.29, 1.82) is 0 Å². The highest BCUT2D eigenvalue weighted by atomic mass is 79.9. The number of benzene rings is 2. The molecule has 2 nitrogen and oxygen atoms in total. The molecule has 0 radical (unpaired) electrons. The molecular weight excluding hydrogens is 338 g/mol. The number of aromatic nitrogens is 1. The number of aromatic amines is 1. The minimum atomic E-state index is -0.0468. The first-order valence-corrected chi connectivity index (χ1v) is 7.31. The van der Waals surface area contributed by atoms with Gasteiger partial charge in [-0.3, -0.25) is 4.79 Å². The van der Waals surface area contributed by atoms with Gasteiger partial charge >= 0.3 is 0 Å². The minimum Gasteiger partial charge on any atom is -0.360 e. The number of ketones is 1. The zero-order valence-electron chi connectivity index (χ0n) is 10.7. The van der Waals surface area contributed by atoms with Gasteiger partial charge in [0.15, 0.2) is 5.78 Å². The van der Waals surface area contributed by atoms with Crippen LogP contribution in [0.1, 0.15) is 21.5 Å². The normalized spacial score (nSPS) is 10.9. The first-order chi connectivity index (χ1) is 9.56. The number of fused-ring (bicyclic) bond motifs is 1. The van der Waals surface area contributed by atoms with E-state index in [0.717, 1.165) is 20.9 Å². The van der Waals surface area contributed by atoms with Gasteiger partial charge in [-0.15, -0.1) is 0 Å². The third-order valence-corrected chi connectivity index (χ3v) is 4.18. The quantitative estimate of drug-likeness (QED) is 0.640. The first-order valence-electron chi connectivity index (χ1n) is 6.14. The van der Waals surface area contributed by atoms with Crippen LogP contribution in [-0.2, 0) is 0 Å². The van der Waals surface area contributed by atoms with Crippen molar-refractivity contribution >= 4 is 44.2 Å². The second-order valence-electron chi connectivity index (χ2n) is 4.70. The summed E-state index contributed by atoms with van der Waals surface area (Å²) in [5, 5.41) is 1.47. The summed E-state index contributed by atoms with van der Waals surface area (Å²) in [6.07, 6.45) is 1.75. The fourth-order valence-corrected chi connectivity index (χ4v) is 2.84. The Balaban J connectivity index is 2.15. The van der Waals surface area contributed by atoms with Crippen molar-refractivity contribution in [1.82, 2.24) is 4.98 Å². The van der Waals surface area contributed by atoms with Gasteiger partial charge in [0.05, 0.1) is 0 Å². The summed E-state index contributed by atoms with van der Waals surface area (Å²) in [6, 6.07) is 11.2. The second kappa shape index (κ2) is 5.08. The Kier molecular flexibility index (Phi) is 3.40. The van der Waals surface area contributed by atoms with E-state index < -0.39 is 0 Å². The summed E-state index contributed by atoms with van der Waals surface area (Å²) in [4.78, 5) is 15.8. The third-order valence-electron chi connectivity index (χ3n) is 3.25. The average Bonchev–Trinajstić information content (AvgIpc) is 2.83. The lowest BCUT2D eigenvalue weighted by Gasteiger charge is -2.04. The molecule has 2 aromatic carbocycles. The molecule has 20 heavy (non-hydrogen) atoms. The van der Waals surface area contributed by atoms with Crippen LogP contribution in [0.25, 0.3) is 10.9 Å². The third kappa shape index (κ3) is 2.28. The summed E-state index contributed by atoms with van der Waals surface area (Å²) in [5.41, 5.74) is 3.34. The van der Waals surface area contributed by atoms with Gasteiger partial charge < -0.3 is 4.98 Å². The molecule has 4 heteroatoms. The molecule has 3 aromatic rings. The molecule has 0 unspecified atom stereocenters. The van der Waals surface area contributed by atoms with Crippen LogP contribution in [0.4, 0.5) is 0 Å². The van der Waals surface area contributed by atoms with Gasteiger partial charge in [0.25, 0.3) is 0 Å². The van der Waals surface area contributed by atoms with E-state index >= 15 is 0 Å². The molecule has 1 aromatic heterocycles. The second-order valence-corrected chi connectivity index (χ2v) is 6.00. The van der Waals surface area contributed by atoms with Crippen LogP contribution in [-0.4, -0.2) is 10.8 Å². The van der Waals surface area contributed by atoms with E-state index in [2.05, 4.69) is 20.9 Å². The van der Waals surface area contributed by atoms with Crippen LogP contribution in [0, 0.1) is 6.92 Å². The summed E-state index contributed by atoms with van der Waals surface area (Å²) in [5.74, 6) is -0.0468. The SMILES string of the molecule is Cc1ccc2c(C(=O)c3cc(Cl)ccc3Br)c[nH]c2c1. The number of H-pyrrole nitrogens is 1. The molecule has 0 aliphatic heterocycles. The van der Waals surface area contributed by atoms with Gasteiger partial charge in [-0.05, 0) is 36.8 Å². The van der Waals surface area contributed by atoms with Gasteiger partial charge in [-0.1, -0.05) is 39.7 Å². The van der Waals surface area contributed by atoms with Crippen molar-refractivity contribution in [2.24, 2.45) is 0 Å². The maximum Gasteiger partial charge on any atom is 0.196 e. The summed E-state index contributed by atoms with van der Waals surface area (Å²) in [7, 11) is 0. The van der Waals surface area contributed by atoms with Crippen LogP contribution in [0.2, 0.25) is 5.02 Å². The molecule has 0 fully saturated rings. The summed E-state index contributed by atoms with van der Waals surface area (Å²) < 4.78 is 0.744. The Morgan fingerprint density at radius 2 is 1.95 bits per heavy atom. The largest absolute Gasteiger partial charge is 0.360 e. The van der Waals surface area contributed by atoms with E-state index in [9.17, 15) is 4.79 Å². The van der Waals surface area contributed by atoms with Crippen molar-refractivity contribution in [2.75, 3.05) is 0 Å². The van der Waals surface area contributed by atoms with Gasteiger partial charge in [0, 0.05) is 37.7 Å². The zero-order valence-corrected chi connectivity index (χ0v) is 13.0. The lowest BCUT2D eigenvalue weighted by Crippen LogP contribution is -2.01. The Morgan fingerprint density at radius 1 is 1.15 bits per heavy atom. The van der Waals surface area contributed by atoms with Crippen LogP contribution in [0.15, 0.2) is 47.1 Å². The first kappa shape index (κ1) is 13.4. The van der Waals surface area contributed by atoms with Crippen molar-refractivity contribution in [2.45, 2.75) is 6.92 Å². The highest BCUT2D eigenvalue weighted by molar-refractivity contribution is 9.10. The van der Waals surface area contributed by atoms with Gasteiger partial charge in [0.2, 0.25) is 0 Å². The highest BCUT2D eigenvalue weighted by Crippen LogP contribution is 2.27. The van der Waals surface area contributed by atoms with Crippen molar-refractivity contribution < 1.29 is 4.79 Å². The van der Waals surface area contributed by atoms with E-state index in [1.807, 2.05) is 25.1 Å². The topological polar surface area (TPSA) is 32.9 Å². The maximum absolute atomic E-state index is 12.7. The van der Waals surface area contributed by atoms with E-state index in [4.69, 9.17) is 11.6 Å². The lowest BCUT2D eigenvalue weighted by molar-refractivity contribution is 0.103. The molecule has 0 aliphatic rings. The van der Waals surface area contributed by atoms with Crippen molar-refractivity contribution in [3.63, 3.8) is 0 Å². The molecule has 0 spiro atoms. The number of hydrogen-bond acceptors (Lipinski definition) is 1. The Bertz CT molecular complexity index is 822. The van der Waals surface area contributed by atoms with Gasteiger partial charge in [-0.2, -0.15) is 0 Å². The van der Waals surface area contributed by atoms with Gasteiger partial charge in [-0.25, -0.2) is 0 Å². The van der Waals surface area contributed by atoms with E-state index in [1.54, 1.807) is 24.4 Å². The smallest absolute Gasteiger partial charge is 0.196 e. The molecule has 0 saturated carbocycles. The number of aryl methyl sites for hydroxylation is 1. The molecule has 1 N–H and O–H groups in total. The molecular formula is C16H11BrClNO. The number of carbonyl (C=O) groups is 1. The Morgan fingerprint density at radius 3 is 2.75 bits per heavy atom. The molecule has 1 heterocycles. The van der Waals surface area contributed by atoms with E-state index in [1.165, 1.54) is 0 Å². The van der Waals surface area contributed by atoms with E-state index in [0.29, 0.717) is 16.1 Å². The molecule has 0 atom stereocenters. The zero-order chi connectivity index (χ0) is 14.3. The lowest BCUT2D eigenvalue weighted by atomic mass is 10.0. The summed E-state index contributed by atoms with van der Waals surface area (Å²) >= 11 is 9.38. The molecule has 0 bridgehead atoms. The van der Waals surface area contributed by atoms with E-state index in [-0.39, 0.29) is 5.78 Å². The molecule has 0 aliphatic carbocycles. The monoisotopic (exact) mass is 347 g/mol. The minimum absolute atomic E-state index is 0.0468. The predicted octanol–water partition coefficient (Wildman–Crippen LogP) is 5.12. The van der Waals surface area contributed by atoms with Crippen LogP contribution < -0.4 is 0 Å². The number of nitrogens with one attached hydrogen (secondary N) is 1. The molecule has 0 amide bonds. The van der Waals surface area contributed by atoms with Crippen LogP contribution >= 0.6 is 27.5 Å². The fraction of sp³-hybridized carbons (Fsp3) is 0.0625. The standard InChI is InChI=1S/C16H11BrClNO/c1-9-2-4-11-13(8-19-15(11)6-9)16(20)12-7-10(18)3-5-14(12)17/h2-8,19H,1H3. The van der Waals surface area contributed by atoms with Crippen LogP contribution in [0.3, 0.4) is 0 Å². The van der Waals surface area contributed by atoms with Gasteiger partial charge in [0.1, 0.15) is 0 Å². The molecule has 0 saturated heterocycles. The summed E-state index contributed by atoms with van der Waals surface area (Å²) in [6.45, 7) is 2.02. The average molecular weight is 349 g/mol. The van der Waals surface area contributed by atoms with Crippen LogP contribution in [0.5, 0.6) is 0 Å². The number of carbonyl (C=O) groups excluding carboxylic acids is 1. The fourth-order valence-electron chi connectivity index (χ4n) is 2.24. The van der Waals surface area contributed by atoms with Crippen molar-refractivity contribution in [3.05, 3.63) is 68.8 Å².